The standard InChI is InChI=1S/C23H24N4O4S/c1-29-14-11-26(16-19-9-5-12-30-19)21(28)17-32-23-25-24-22(20-10-6-13-31-20)27(23)15-18-7-3-2-4-8-18/h2-10,12-13H,11,14-17H2,1H3. The van der Waals surface area contributed by atoms with E-state index in [2.05, 4.69) is 10.2 Å². The van der Waals surface area contributed by atoms with Crippen LogP contribution in [0.3, 0.4) is 0 Å². The average molecular weight is 453 g/mol. The molecule has 1 amide bonds. The molecule has 0 saturated carbocycles. The SMILES string of the molecule is COCCN(Cc1ccco1)C(=O)CSc1nnc(-c2ccco2)n1Cc1ccccc1. The normalized spacial score (nSPS) is 11.0. The van der Waals surface area contributed by atoms with E-state index in [9.17, 15) is 4.79 Å². The van der Waals surface area contributed by atoms with Crippen LogP contribution in [0.4, 0.5) is 0 Å². The summed E-state index contributed by atoms with van der Waals surface area (Å²) in [6.45, 7) is 1.89. The molecule has 0 aliphatic rings. The minimum Gasteiger partial charge on any atom is -0.467 e. The van der Waals surface area contributed by atoms with E-state index in [0.717, 1.165) is 11.3 Å². The Morgan fingerprint density at radius 2 is 1.88 bits per heavy atom. The lowest BCUT2D eigenvalue weighted by Gasteiger charge is -2.21. The highest BCUT2D eigenvalue weighted by Crippen LogP contribution is 2.26. The number of aromatic nitrogens is 3. The van der Waals surface area contributed by atoms with Crippen LogP contribution >= 0.6 is 11.8 Å². The molecule has 32 heavy (non-hydrogen) atoms. The Morgan fingerprint density at radius 1 is 1.06 bits per heavy atom. The van der Waals surface area contributed by atoms with E-state index in [0.29, 0.717) is 43.0 Å². The third kappa shape index (κ3) is 5.49. The predicted molar refractivity (Wildman–Crippen MR) is 120 cm³/mol. The Labute approximate surface area is 190 Å². The number of benzene rings is 1. The first-order valence-electron chi connectivity index (χ1n) is 10.2. The van der Waals surface area contributed by atoms with Crippen LogP contribution in [0.2, 0.25) is 0 Å². The fraction of sp³-hybridized carbons (Fsp3) is 0.261. The summed E-state index contributed by atoms with van der Waals surface area (Å²) >= 11 is 1.35. The Hall–Kier alpha value is -3.30. The Bertz CT molecular complexity index is 1090. The summed E-state index contributed by atoms with van der Waals surface area (Å²) < 4.78 is 18.1. The lowest BCUT2D eigenvalue weighted by molar-refractivity contribution is -0.129. The van der Waals surface area contributed by atoms with Crippen LogP contribution in [0.1, 0.15) is 11.3 Å². The summed E-state index contributed by atoms with van der Waals surface area (Å²) in [5, 5.41) is 9.32. The van der Waals surface area contributed by atoms with Crippen molar-refractivity contribution >= 4 is 17.7 Å². The van der Waals surface area contributed by atoms with Crippen LogP contribution in [0.25, 0.3) is 11.6 Å². The first-order valence-corrected chi connectivity index (χ1v) is 11.2. The summed E-state index contributed by atoms with van der Waals surface area (Å²) in [6.07, 6.45) is 3.21. The van der Waals surface area contributed by atoms with Crippen molar-refractivity contribution in [3.63, 3.8) is 0 Å². The molecule has 0 atom stereocenters. The van der Waals surface area contributed by atoms with Crippen molar-refractivity contribution in [2.45, 2.75) is 18.2 Å². The molecular weight excluding hydrogens is 428 g/mol. The summed E-state index contributed by atoms with van der Waals surface area (Å²) in [5.74, 6) is 2.17. The second kappa shape index (κ2) is 10.8. The van der Waals surface area contributed by atoms with Crippen LogP contribution in [0.15, 0.2) is 81.1 Å². The van der Waals surface area contributed by atoms with Gasteiger partial charge in [-0.15, -0.1) is 10.2 Å². The number of methoxy groups -OCH3 is 1. The molecule has 8 nitrogen and oxygen atoms in total. The van der Waals surface area contributed by atoms with Gasteiger partial charge in [0.15, 0.2) is 10.9 Å². The summed E-state index contributed by atoms with van der Waals surface area (Å²) in [5.41, 5.74) is 1.10. The van der Waals surface area contributed by atoms with Gasteiger partial charge in [0.25, 0.3) is 0 Å². The molecule has 3 heterocycles. The number of hydrogen-bond acceptors (Lipinski definition) is 7. The van der Waals surface area contributed by atoms with Crippen molar-refractivity contribution in [1.82, 2.24) is 19.7 Å². The molecule has 3 aromatic heterocycles. The molecule has 0 radical (unpaired) electrons. The van der Waals surface area contributed by atoms with Crippen molar-refractivity contribution < 1.29 is 18.4 Å². The van der Waals surface area contributed by atoms with E-state index in [1.807, 2.05) is 59.2 Å². The summed E-state index contributed by atoms with van der Waals surface area (Å²) in [4.78, 5) is 14.7. The van der Waals surface area contributed by atoms with Gasteiger partial charge in [-0.2, -0.15) is 0 Å². The third-order valence-corrected chi connectivity index (χ3v) is 5.76. The highest BCUT2D eigenvalue weighted by molar-refractivity contribution is 7.99. The molecule has 0 aliphatic carbocycles. The molecule has 0 spiro atoms. The van der Waals surface area contributed by atoms with Crippen molar-refractivity contribution in [3.8, 4) is 11.6 Å². The fourth-order valence-corrected chi connectivity index (χ4v) is 4.03. The first kappa shape index (κ1) is 21.9. The van der Waals surface area contributed by atoms with Crippen molar-refractivity contribution in [3.05, 3.63) is 78.4 Å². The van der Waals surface area contributed by atoms with Gasteiger partial charge in [-0.3, -0.25) is 9.36 Å². The zero-order chi connectivity index (χ0) is 22.2. The minimum absolute atomic E-state index is 0.0303. The second-order valence-corrected chi connectivity index (χ2v) is 7.97. The Balaban J connectivity index is 1.50. The number of ether oxygens (including phenoxy) is 1. The molecule has 4 aromatic rings. The van der Waals surface area contributed by atoms with Crippen molar-refractivity contribution in [2.75, 3.05) is 26.0 Å². The van der Waals surface area contributed by atoms with E-state index in [1.54, 1.807) is 24.5 Å². The quantitative estimate of drug-likeness (QED) is 0.319. The van der Waals surface area contributed by atoms with Gasteiger partial charge in [0, 0.05) is 13.7 Å². The summed E-state index contributed by atoms with van der Waals surface area (Å²) in [7, 11) is 1.62. The average Bonchev–Trinajstić information content (AvgIpc) is 3.58. The highest BCUT2D eigenvalue weighted by Gasteiger charge is 2.20. The zero-order valence-electron chi connectivity index (χ0n) is 17.7. The van der Waals surface area contributed by atoms with E-state index < -0.39 is 0 Å². The van der Waals surface area contributed by atoms with Gasteiger partial charge in [-0.25, -0.2) is 0 Å². The smallest absolute Gasteiger partial charge is 0.233 e. The van der Waals surface area contributed by atoms with Gasteiger partial charge in [-0.05, 0) is 29.8 Å². The molecule has 0 N–H and O–H groups in total. The van der Waals surface area contributed by atoms with Crippen LogP contribution in [-0.4, -0.2) is 51.6 Å². The molecule has 0 bridgehead atoms. The number of carbonyl (C=O) groups is 1. The number of carbonyl (C=O) groups excluding carboxylic acids is 1. The van der Waals surface area contributed by atoms with Gasteiger partial charge in [0.2, 0.25) is 11.7 Å². The molecule has 9 heteroatoms. The monoisotopic (exact) mass is 452 g/mol. The molecule has 0 saturated heterocycles. The molecule has 4 rings (SSSR count). The number of rotatable bonds is 11. The largest absolute Gasteiger partial charge is 0.467 e. The molecule has 0 aliphatic heterocycles. The van der Waals surface area contributed by atoms with Crippen LogP contribution in [-0.2, 0) is 22.6 Å². The maximum atomic E-state index is 13.0. The fourth-order valence-electron chi connectivity index (χ4n) is 3.19. The van der Waals surface area contributed by atoms with Crippen LogP contribution in [0, 0.1) is 0 Å². The van der Waals surface area contributed by atoms with Crippen LogP contribution in [0.5, 0.6) is 0 Å². The van der Waals surface area contributed by atoms with Gasteiger partial charge in [-0.1, -0.05) is 42.1 Å². The number of thioether (sulfide) groups is 1. The number of furan rings is 2. The molecular formula is C23H24N4O4S. The zero-order valence-corrected chi connectivity index (χ0v) is 18.5. The molecule has 0 fully saturated rings. The Kier molecular flexibility index (Phi) is 7.42. The topological polar surface area (TPSA) is 86.5 Å². The van der Waals surface area contributed by atoms with Gasteiger partial charge >= 0.3 is 0 Å². The van der Waals surface area contributed by atoms with Gasteiger partial charge in [0.1, 0.15) is 5.76 Å². The van der Waals surface area contributed by atoms with E-state index >= 15 is 0 Å². The van der Waals surface area contributed by atoms with Gasteiger partial charge < -0.3 is 18.5 Å². The number of amides is 1. The predicted octanol–water partition coefficient (Wildman–Crippen LogP) is 3.95. The van der Waals surface area contributed by atoms with Crippen molar-refractivity contribution in [2.24, 2.45) is 0 Å². The number of nitrogens with zero attached hydrogens (tertiary/aromatic N) is 4. The second-order valence-electron chi connectivity index (χ2n) is 7.03. The highest BCUT2D eigenvalue weighted by atomic mass is 32.2. The van der Waals surface area contributed by atoms with Crippen LogP contribution < -0.4 is 0 Å². The Morgan fingerprint density at radius 3 is 2.59 bits per heavy atom. The van der Waals surface area contributed by atoms with E-state index in [-0.39, 0.29) is 11.7 Å². The van der Waals surface area contributed by atoms with Crippen molar-refractivity contribution in [1.29, 1.82) is 0 Å². The lowest BCUT2D eigenvalue weighted by Crippen LogP contribution is -2.34. The number of hydrogen-bond donors (Lipinski definition) is 0. The van der Waals surface area contributed by atoms with Gasteiger partial charge in [0.05, 0.1) is 38.0 Å². The molecule has 1 aromatic carbocycles. The summed E-state index contributed by atoms with van der Waals surface area (Å²) in [6, 6.07) is 17.4. The molecule has 166 valence electrons. The maximum Gasteiger partial charge on any atom is 0.233 e. The molecule has 0 unspecified atom stereocenters. The third-order valence-electron chi connectivity index (χ3n) is 4.81. The lowest BCUT2D eigenvalue weighted by atomic mass is 10.2. The maximum absolute atomic E-state index is 13.0. The first-order chi connectivity index (χ1) is 15.7. The minimum atomic E-state index is -0.0303. The van der Waals surface area contributed by atoms with E-state index in [4.69, 9.17) is 13.6 Å². The van der Waals surface area contributed by atoms with E-state index in [1.165, 1.54) is 11.8 Å².